The van der Waals surface area contributed by atoms with Gasteiger partial charge in [0.05, 0.1) is 0 Å². The minimum atomic E-state index is 0.00115. The van der Waals surface area contributed by atoms with Crippen LogP contribution in [0.3, 0.4) is 0 Å². The van der Waals surface area contributed by atoms with Gasteiger partial charge < -0.3 is 5.32 Å². The lowest BCUT2D eigenvalue weighted by molar-refractivity contribution is 0.0896. The fraction of sp³-hybridized carbons (Fsp3) is 0.350. The van der Waals surface area contributed by atoms with Gasteiger partial charge in [-0.05, 0) is 44.0 Å². The van der Waals surface area contributed by atoms with Gasteiger partial charge in [-0.15, -0.1) is 0 Å². The number of piperidine rings is 1. The Morgan fingerprint density at radius 1 is 1.04 bits per heavy atom. The molecule has 1 heterocycles. The van der Waals surface area contributed by atoms with Crippen molar-refractivity contribution < 1.29 is 4.79 Å². The number of nitrogens with one attached hydrogen (secondary N) is 1. The molecule has 25 heavy (non-hydrogen) atoms. The number of carbonyl (C=O) groups is 1. The van der Waals surface area contributed by atoms with Gasteiger partial charge in [0, 0.05) is 46.3 Å². The summed E-state index contributed by atoms with van der Waals surface area (Å²) in [5.74, 6) is 0.00115. The number of carbonyl (C=O) groups excluding carboxylic acids is 1. The minimum Gasteiger partial charge on any atom is -0.349 e. The summed E-state index contributed by atoms with van der Waals surface area (Å²) in [4.78, 5) is 14.7. The Bertz CT molecular complexity index is 707. The van der Waals surface area contributed by atoms with Gasteiger partial charge in [-0.2, -0.15) is 0 Å². The second-order valence-electron chi connectivity index (χ2n) is 6.46. The van der Waals surface area contributed by atoms with E-state index in [0.717, 1.165) is 31.5 Å². The van der Waals surface area contributed by atoms with Gasteiger partial charge in [0.25, 0.3) is 5.91 Å². The van der Waals surface area contributed by atoms with E-state index in [2.05, 4.69) is 17.1 Å². The zero-order valence-electron chi connectivity index (χ0n) is 14.2. The highest BCUT2D eigenvalue weighted by Crippen LogP contribution is 2.34. The van der Waals surface area contributed by atoms with Gasteiger partial charge in [-0.1, -0.05) is 47.5 Å². The van der Waals surface area contributed by atoms with Crippen LogP contribution in [-0.2, 0) is 0 Å². The summed E-state index contributed by atoms with van der Waals surface area (Å²) in [7, 11) is 0. The Balaban J connectivity index is 1.58. The van der Waals surface area contributed by atoms with Crippen molar-refractivity contribution in [3.8, 4) is 0 Å². The molecule has 2 aromatic carbocycles. The molecule has 0 saturated carbocycles. The van der Waals surface area contributed by atoms with Crippen LogP contribution in [0.1, 0.15) is 41.7 Å². The van der Waals surface area contributed by atoms with Crippen molar-refractivity contribution in [1.29, 1.82) is 0 Å². The molecule has 5 heteroatoms. The molecule has 1 N–H and O–H groups in total. The molecule has 2 aromatic rings. The van der Waals surface area contributed by atoms with Crippen LogP contribution < -0.4 is 5.32 Å². The SMILES string of the molecule is CC(c1c(Cl)cccc1Cl)N1CCC(NC(=O)c2ccccc2)CC1. The number of rotatable bonds is 4. The van der Waals surface area contributed by atoms with Crippen LogP contribution >= 0.6 is 23.2 Å². The van der Waals surface area contributed by atoms with Crippen molar-refractivity contribution in [2.75, 3.05) is 13.1 Å². The van der Waals surface area contributed by atoms with Crippen molar-refractivity contribution in [2.45, 2.75) is 31.8 Å². The molecule has 132 valence electrons. The first-order valence-electron chi connectivity index (χ1n) is 8.60. The summed E-state index contributed by atoms with van der Waals surface area (Å²) in [5, 5.41) is 4.56. The Kier molecular flexibility index (Phi) is 6.00. The zero-order valence-corrected chi connectivity index (χ0v) is 15.7. The minimum absolute atomic E-state index is 0.00115. The van der Waals surface area contributed by atoms with Crippen LogP contribution in [0.25, 0.3) is 0 Å². The number of hydrogen-bond acceptors (Lipinski definition) is 2. The summed E-state index contributed by atoms with van der Waals surface area (Å²) >= 11 is 12.7. The number of benzene rings is 2. The van der Waals surface area contributed by atoms with E-state index in [1.165, 1.54) is 0 Å². The molecule has 0 spiro atoms. The second-order valence-corrected chi connectivity index (χ2v) is 7.28. The van der Waals surface area contributed by atoms with Crippen LogP contribution in [0.4, 0.5) is 0 Å². The summed E-state index contributed by atoms with van der Waals surface area (Å²) in [5.41, 5.74) is 1.69. The Hall–Kier alpha value is -1.55. The molecule has 1 aliphatic rings. The predicted octanol–water partition coefficient (Wildman–Crippen LogP) is 4.95. The van der Waals surface area contributed by atoms with Crippen LogP contribution in [0.2, 0.25) is 10.0 Å². The highest BCUT2D eigenvalue weighted by atomic mass is 35.5. The van der Waals surface area contributed by atoms with Crippen LogP contribution in [0.5, 0.6) is 0 Å². The van der Waals surface area contributed by atoms with Gasteiger partial charge in [0.15, 0.2) is 0 Å². The summed E-state index contributed by atoms with van der Waals surface area (Å²) in [6, 6.07) is 15.3. The van der Waals surface area contributed by atoms with E-state index in [-0.39, 0.29) is 18.0 Å². The van der Waals surface area contributed by atoms with Gasteiger partial charge in [0.2, 0.25) is 0 Å². The lowest BCUT2D eigenvalue weighted by Crippen LogP contribution is -2.45. The highest BCUT2D eigenvalue weighted by Gasteiger charge is 2.26. The molecule has 0 bridgehead atoms. The zero-order chi connectivity index (χ0) is 17.8. The first-order chi connectivity index (χ1) is 12.1. The monoisotopic (exact) mass is 376 g/mol. The number of amides is 1. The molecule has 0 radical (unpaired) electrons. The average molecular weight is 377 g/mol. The topological polar surface area (TPSA) is 32.3 Å². The largest absolute Gasteiger partial charge is 0.349 e. The molecule has 3 rings (SSSR count). The summed E-state index contributed by atoms with van der Waals surface area (Å²) < 4.78 is 0. The van der Waals surface area contributed by atoms with Crippen molar-refractivity contribution in [3.63, 3.8) is 0 Å². The quantitative estimate of drug-likeness (QED) is 0.818. The fourth-order valence-electron chi connectivity index (χ4n) is 3.38. The maximum Gasteiger partial charge on any atom is 0.251 e. The van der Waals surface area contributed by atoms with Gasteiger partial charge >= 0.3 is 0 Å². The molecule has 1 saturated heterocycles. The van der Waals surface area contributed by atoms with E-state index < -0.39 is 0 Å². The third-order valence-corrected chi connectivity index (χ3v) is 5.53. The molecule has 0 aliphatic carbocycles. The molecule has 1 fully saturated rings. The van der Waals surface area contributed by atoms with E-state index in [1.54, 1.807) is 0 Å². The standard InChI is InChI=1S/C20H22Cl2N2O/c1-14(19-17(21)8-5-9-18(19)22)24-12-10-16(11-13-24)23-20(25)15-6-3-2-4-7-15/h2-9,14,16H,10-13H2,1H3,(H,23,25). The highest BCUT2D eigenvalue weighted by molar-refractivity contribution is 6.36. The average Bonchev–Trinajstić information content (AvgIpc) is 2.63. The maximum absolute atomic E-state index is 12.3. The van der Waals surface area contributed by atoms with Gasteiger partial charge in [0.1, 0.15) is 0 Å². The lowest BCUT2D eigenvalue weighted by Gasteiger charge is -2.37. The van der Waals surface area contributed by atoms with Crippen molar-refractivity contribution in [2.24, 2.45) is 0 Å². The molecular formula is C20H22Cl2N2O. The lowest BCUT2D eigenvalue weighted by atomic mass is 9.99. The number of nitrogens with zero attached hydrogens (tertiary/aromatic N) is 1. The van der Waals surface area contributed by atoms with E-state index >= 15 is 0 Å². The summed E-state index contributed by atoms with van der Waals surface area (Å²) in [6.45, 7) is 3.95. The molecule has 1 unspecified atom stereocenters. The van der Waals surface area contributed by atoms with Crippen molar-refractivity contribution in [3.05, 3.63) is 69.7 Å². The van der Waals surface area contributed by atoms with E-state index in [4.69, 9.17) is 23.2 Å². The predicted molar refractivity (Wildman–Crippen MR) is 103 cm³/mol. The van der Waals surface area contributed by atoms with Crippen LogP contribution in [0, 0.1) is 0 Å². The fourth-order valence-corrected chi connectivity index (χ4v) is 4.09. The second kappa shape index (κ2) is 8.22. The molecule has 1 amide bonds. The number of halogens is 2. The first kappa shape index (κ1) is 18.2. The Morgan fingerprint density at radius 2 is 1.64 bits per heavy atom. The third kappa shape index (κ3) is 4.35. The molecule has 1 atom stereocenters. The van der Waals surface area contributed by atoms with Crippen LogP contribution in [0.15, 0.2) is 48.5 Å². The Labute approximate surface area is 158 Å². The molecule has 3 nitrogen and oxygen atoms in total. The van der Waals surface area contributed by atoms with Gasteiger partial charge in [-0.3, -0.25) is 9.69 Å². The first-order valence-corrected chi connectivity index (χ1v) is 9.35. The van der Waals surface area contributed by atoms with E-state index in [0.29, 0.717) is 15.6 Å². The smallest absolute Gasteiger partial charge is 0.251 e. The van der Waals surface area contributed by atoms with Crippen molar-refractivity contribution in [1.82, 2.24) is 10.2 Å². The summed E-state index contributed by atoms with van der Waals surface area (Å²) in [6.07, 6.45) is 1.84. The normalized spacial score (nSPS) is 17.2. The Morgan fingerprint density at radius 3 is 2.24 bits per heavy atom. The van der Waals surface area contributed by atoms with Crippen molar-refractivity contribution >= 4 is 29.1 Å². The molecular weight excluding hydrogens is 355 g/mol. The van der Waals surface area contributed by atoms with E-state index in [9.17, 15) is 4.79 Å². The van der Waals surface area contributed by atoms with E-state index in [1.807, 2.05) is 48.5 Å². The molecule has 1 aliphatic heterocycles. The number of hydrogen-bond donors (Lipinski definition) is 1. The van der Waals surface area contributed by atoms with Gasteiger partial charge in [-0.25, -0.2) is 0 Å². The molecule has 0 aromatic heterocycles. The maximum atomic E-state index is 12.3. The van der Waals surface area contributed by atoms with Crippen LogP contribution in [-0.4, -0.2) is 29.9 Å². The third-order valence-electron chi connectivity index (χ3n) is 4.87. The number of likely N-dealkylation sites (tertiary alicyclic amines) is 1.